The molecule has 0 atom stereocenters. The summed E-state index contributed by atoms with van der Waals surface area (Å²) in [6, 6.07) is 3.27. The summed E-state index contributed by atoms with van der Waals surface area (Å²) in [5, 5.41) is 8.91. The van der Waals surface area contributed by atoms with Gasteiger partial charge in [0.25, 0.3) is 0 Å². The maximum absolute atomic E-state index is 13.4. The number of hydrogen-bond donors (Lipinski definition) is 2. The summed E-state index contributed by atoms with van der Waals surface area (Å²) < 4.78 is 39.9. The molecule has 3 N–H and O–H groups in total. The van der Waals surface area contributed by atoms with E-state index in [-0.39, 0.29) is 29.8 Å². The molecule has 0 radical (unpaired) electrons. The second kappa shape index (κ2) is 6.07. The summed E-state index contributed by atoms with van der Waals surface area (Å²) in [7, 11) is -3.78. The van der Waals surface area contributed by atoms with E-state index in [1.54, 1.807) is 0 Å². The van der Waals surface area contributed by atoms with Gasteiger partial charge < -0.3 is 10.8 Å². The Bertz CT molecular complexity index is 553. The van der Waals surface area contributed by atoms with Crippen molar-refractivity contribution >= 4 is 15.7 Å². The quantitative estimate of drug-likeness (QED) is 0.777. The number of nitrogens with zero attached hydrogens (tertiary/aromatic N) is 1. The van der Waals surface area contributed by atoms with Crippen molar-refractivity contribution in [3.05, 3.63) is 24.0 Å². The Morgan fingerprint density at radius 3 is 2.55 bits per heavy atom. The van der Waals surface area contributed by atoms with Crippen molar-refractivity contribution < 1.29 is 17.9 Å². The first-order valence-electron chi connectivity index (χ1n) is 6.64. The number of rotatable bonds is 6. The van der Waals surface area contributed by atoms with Crippen LogP contribution >= 0.6 is 0 Å². The van der Waals surface area contributed by atoms with Crippen LogP contribution < -0.4 is 5.73 Å². The topological polar surface area (TPSA) is 83.6 Å². The Balaban J connectivity index is 2.33. The van der Waals surface area contributed by atoms with Crippen LogP contribution in [0, 0.1) is 5.82 Å². The fraction of sp³-hybridized carbons (Fsp3) is 0.538. The fourth-order valence-electron chi connectivity index (χ4n) is 2.27. The van der Waals surface area contributed by atoms with Crippen molar-refractivity contribution in [1.29, 1.82) is 0 Å². The van der Waals surface area contributed by atoms with Gasteiger partial charge in [-0.2, -0.15) is 4.31 Å². The molecule has 7 heteroatoms. The highest BCUT2D eigenvalue weighted by Gasteiger charge is 2.34. The van der Waals surface area contributed by atoms with Gasteiger partial charge in [-0.1, -0.05) is 6.42 Å². The van der Waals surface area contributed by atoms with Gasteiger partial charge in [0.05, 0.1) is 4.90 Å². The Labute approximate surface area is 118 Å². The lowest BCUT2D eigenvalue weighted by Gasteiger charge is -2.36. The average Bonchev–Trinajstić information content (AvgIpc) is 2.30. The number of aliphatic hydroxyl groups excluding tert-OH is 1. The molecule has 1 aliphatic carbocycles. The van der Waals surface area contributed by atoms with E-state index in [9.17, 15) is 12.8 Å². The Hall–Kier alpha value is -1.18. The van der Waals surface area contributed by atoms with E-state index in [4.69, 9.17) is 10.8 Å². The van der Waals surface area contributed by atoms with E-state index in [1.165, 1.54) is 10.4 Å². The third-order valence-corrected chi connectivity index (χ3v) is 5.45. The van der Waals surface area contributed by atoms with E-state index >= 15 is 0 Å². The minimum absolute atomic E-state index is 0.0592. The van der Waals surface area contributed by atoms with Gasteiger partial charge in [0.2, 0.25) is 10.0 Å². The van der Waals surface area contributed by atoms with Crippen molar-refractivity contribution in [2.45, 2.75) is 36.6 Å². The molecule has 2 rings (SSSR count). The van der Waals surface area contributed by atoms with Crippen LogP contribution in [0.3, 0.4) is 0 Å². The second-order valence-electron chi connectivity index (χ2n) is 5.00. The van der Waals surface area contributed by atoms with Gasteiger partial charge in [-0.05, 0) is 37.5 Å². The molecule has 20 heavy (non-hydrogen) atoms. The lowest BCUT2D eigenvalue weighted by Crippen LogP contribution is -2.44. The van der Waals surface area contributed by atoms with Gasteiger partial charge in [-0.15, -0.1) is 0 Å². The molecular weight excluding hydrogens is 283 g/mol. The largest absolute Gasteiger partial charge is 0.399 e. The number of aliphatic hydroxyl groups is 1. The summed E-state index contributed by atoms with van der Waals surface area (Å²) in [4.78, 5) is -0.125. The molecule has 0 aliphatic heterocycles. The van der Waals surface area contributed by atoms with Crippen molar-refractivity contribution in [3.63, 3.8) is 0 Å². The summed E-state index contributed by atoms with van der Waals surface area (Å²) in [6.45, 7) is 0.157. The van der Waals surface area contributed by atoms with Gasteiger partial charge in [0, 0.05) is 24.9 Å². The fourth-order valence-corrected chi connectivity index (χ4v) is 4.06. The van der Waals surface area contributed by atoms with E-state index in [2.05, 4.69) is 0 Å². The van der Waals surface area contributed by atoms with Crippen LogP contribution in [-0.4, -0.2) is 37.0 Å². The van der Waals surface area contributed by atoms with E-state index in [1.807, 2.05) is 0 Å². The highest BCUT2D eigenvalue weighted by molar-refractivity contribution is 7.89. The van der Waals surface area contributed by atoms with E-state index in [0.717, 1.165) is 31.4 Å². The van der Waals surface area contributed by atoms with Crippen LogP contribution in [-0.2, 0) is 10.0 Å². The molecule has 0 heterocycles. The zero-order chi connectivity index (χ0) is 14.8. The monoisotopic (exact) mass is 302 g/mol. The van der Waals surface area contributed by atoms with Gasteiger partial charge in [-0.25, -0.2) is 12.8 Å². The third kappa shape index (κ3) is 3.11. The van der Waals surface area contributed by atoms with E-state index < -0.39 is 15.8 Å². The summed E-state index contributed by atoms with van der Waals surface area (Å²) in [6.07, 6.45) is 2.95. The summed E-state index contributed by atoms with van der Waals surface area (Å²) in [5.74, 6) is -0.667. The first kappa shape index (κ1) is 15.2. The van der Waals surface area contributed by atoms with Gasteiger partial charge in [0.1, 0.15) is 5.82 Å². The van der Waals surface area contributed by atoms with Gasteiger partial charge in [0.15, 0.2) is 0 Å². The SMILES string of the molecule is Nc1cc(F)cc(S(=O)(=O)N(CCCO)C2CCC2)c1. The molecule has 1 aliphatic rings. The Morgan fingerprint density at radius 2 is 2.05 bits per heavy atom. The predicted octanol–water partition coefficient (Wildman–Crippen LogP) is 1.33. The summed E-state index contributed by atoms with van der Waals surface area (Å²) >= 11 is 0. The highest BCUT2D eigenvalue weighted by Crippen LogP contribution is 2.30. The standard InChI is InChI=1S/C13H19FN2O3S/c14-10-7-11(15)9-13(8-10)20(18,19)16(5-2-6-17)12-3-1-4-12/h7-9,12,17H,1-6,15H2. The zero-order valence-corrected chi connectivity index (χ0v) is 11.9. The van der Waals surface area contributed by atoms with Crippen LogP contribution in [0.2, 0.25) is 0 Å². The van der Waals surface area contributed by atoms with Crippen molar-refractivity contribution in [2.75, 3.05) is 18.9 Å². The molecule has 112 valence electrons. The predicted molar refractivity (Wildman–Crippen MR) is 74.0 cm³/mol. The normalized spacial score (nSPS) is 16.4. The van der Waals surface area contributed by atoms with Crippen molar-refractivity contribution in [2.24, 2.45) is 0 Å². The molecule has 0 amide bonds. The molecule has 0 aromatic heterocycles. The van der Waals surface area contributed by atoms with E-state index in [0.29, 0.717) is 6.42 Å². The minimum atomic E-state index is -3.78. The molecule has 0 unspecified atom stereocenters. The third-order valence-electron chi connectivity index (χ3n) is 3.52. The van der Waals surface area contributed by atoms with Gasteiger partial charge >= 0.3 is 0 Å². The molecule has 1 saturated carbocycles. The molecule has 1 aromatic carbocycles. The first-order chi connectivity index (χ1) is 9.45. The smallest absolute Gasteiger partial charge is 0.243 e. The number of nitrogens with two attached hydrogens (primary N) is 1. The number of hydrogen-bond acceptors (Lipinski definition) is 4. The maximum Gasteiger partial charge on any atom is 0.243 e. The maximum atomic E-state index is 13.4. The lowest BCUT2D eigenvalue weighted by atomic mass is 9.93. The number of anilines is 1. The second-order valence-corrected chi connectivity index (χ2v) is 6.89. The van der Waals surface area contributed by atoms with Crippen LogP contribution in [0.15, 0.2) is 23.1 Å². The first-order valence-corrected chi connectivity index (χ1v) is 8.08. The van der Waals surface area contributed by atoms with Gasteiger partial charge in [-0.3, -0.25) is 0 Å². The molecule has 0 bridgehead atoms. The lowest BCUT2D eigenvalue weighted by molar-refractivity contribution is 0.198. The molecule has 1 aromatic rings. The molecule has 5 nitrogen and oxygen atoms in total. The molecule has 0 spiro atoms. The number of sulfonamides is 1. The van der Waals surface area contributed by atoms with Crippen molar-refractivity contribution in [3.8, 4) is 0 Å². The Morgan fingerprint density at radius 1 is 1.35 bits per heavy atom. The molecular formula is C13H19FN2O3S. The number of benzene rings is 1. The number of halogens is 1. The molecule has 0 saturated heterocycles. The van der Waals surface area contributed by atoms with Crippen LogP contribution in [0.4, 0.5) is 10.1 Å². The van der Waals surface area contributed by atoms with Crippen LogP contribution in [0.25, 0.3) is 0 Å². The zero-order valence-electron chi connectivity index (χ0n) is 11.1. The Kier molecular flexibility index (Phi) is 4.62. The minimum Gasteiger partial charge on any atom is -0.399 e. The molecule has 1 fully saturated rings. The van der Waals surface area contributed by atoms with Crippen LogP contribution in [0.5, 0.6) is 0 Å². The highest BCUT2D eigenvalue weighted by atomic mass is 32.2. The van der Waals surface area contributed by atoms with Crippen LogP contribution in [0.1, 0.15) is 25.7 Å². The average molecular weight is 302 g/mol. The summed E-state index contributed by atoms with van der Waals surface area (Å²) in [5.41, 5.74) is 5.60. The number of nitrogen functional groups attached to an aromatic ring is 1. The van der Waals surface area contributed by atoms with Crippen molar-refractivity contribution in [1.82, 2.24) is 4.31 Å².